The fourth-order valence-electron chi connectivity index (χ4n) is 1.38. The average Bonchev–Trinajstić information content (AvgIpc) is 2.28. The molecule has 0 saturated heterocycles. The molecule has 1 heterocycles. The van der Waals surface area contributed by atoms with Gasteiger partial charge in [-0.2, -0.15) is 4.98 Å². The lowest BCUT2D eigenvalue weighted by Crippen LogP contribution is -2.01. The first kappa shape index (κ1) is 10.4. The average molecular weight is 218 g/mol. The van der Waals surface area contributed by atoms with E-state index in [1.54, 1.807) is 31.3 Å². The summed E-state index contributed by atoms with van der Waals surface area (Å²) >= 11 is 0. The number of hydrogen-bond acceptors (Lipinski definition) is 4. The van der Waals surface area contributed by atoms with Gasteiger partial charge in [0, 0.05) is 18.7 Å². The van der Waals surface area contributed by atoms with E-state index in [0.29, 0.717) is 23.0 Å². The summed E-state index contributed by atoms with van der Waals surface area (Å²) in [6.45, 7) is 0. The quantitative estimate of drug-likeness (QED) is 0.808. The second-order valence-corrected chi connectivity index (χ2v) is 3.23. The van der Waals surface area contributed by atoms with E-state index in [0.717, 1.165) is 0 Å². The molecule has 2 rings (SSSR count). The van der Waals surface area contributed by atoms with E-state index < -0.39 is 0 Å². The molecule has 1 aromatic heterocycles. The molecule has 1 aromatic carbocycles. The van der Waals surface area contributed by atoms with Gasteiger partial charge in [-0.15, -0.1) is 0 Å². The summed E-state index contributed by atoms with van der Waals surface area (Å²) in [6.07, 6.45) is 0. The van der Waals surface area contributed by atoms with Crippen LogP contribution in [0.5, 0.6) is 0 Å². The molecule has 0 amide bonds. The Morgan fingerprint density at radius 2 is 2.00 bits per heavy atom. The number of nitrogens with zero attached hydrogens (tertiary/aromatic N) is 2. The molecule has 0 radical (unpaired) electrons. The number of hydrogen-bond donors (Lipinski definition) is 2. The number of nitrogen functional groups attached to an aromatic ring is 1. The Labute approximate surface area is 92.3 Å². The maximum Gasteiger partial charge on any atom is 0.224 e. The van der Waals surface area contributed by atoms with E-state index in [1.165, 1.54) is 6.07 Å². The van der Waals surface area contributed by atoms with Gasteiger partial charge in [0.05, 0.1) is 5.69 Å². The molecule has 0 aliphatic heterocycles. The normalized spacial score (nSPS) is 10.1. The number of benzene rings is 1. The van der Waals surface area contributed by atoms with Gasteiger partial charge in [-0.3, -0.25) is 0 Å². The smallest absolute Gasteiger partial charge is 0.224 e. The maximum absolute atomic E-state index is 13.5. The lowest BCUT2D eigenvalue weighted by atomic mass is 10.1. The molecule has 0 unspecified atom stereocenters. The zero-order valence-corrected chi connectivity index (χ0v) is 8.74. The van der Waals surface area contributed by atoms with Crippen molar-refractivity contribution in [1.29, 1.82) is 0 Å². The van der Waals surface area contributed by atoms with Gasteiger partial charge in [0.2, 0.25) is 5.95 Å². The summed E-state index contributed by atoms with van der Waals surface area (Å²) in [5.74, 6) is 0.346. The molecule has 4 nitrogen and oxygen atoms in total. The number of nitrogens with two attached hydrogens (primary N) is 1. The molecular formula is C11H11FN4. The number of halogens is 1. The first-order valence-electron chi connectivity index (χ1n) is 4.78. The third-order valence-electron chi connectivity index (χ3n) is 2.12. The van der Waals surface area contributed by atoms with Crippen LogP contribution in [0.25, 0.3) is 11.3 Å². The van der Waals surface area contributed by atoms with Crippen molar-refractivity contribution in [1.82, 2.24) is 9.97 Å². The van der Waals surface area contributed by atoms with Crippen molar-refractivity contribution < 1.29 is 4.39 Å². The molecule has 0 atom stereocenters. The largest absolute Gasteiger partial charge is 0.384 e. The fraction of sp³-hybridized carbons (Fsp3) is 0.0909. The second-order valence-electron chi connectivity index (χ2n) is 3.23. The SMILES string of the molecule is CNc1nc(N)cc(-c2ccccc2F)n1. The first-order valence-corrected chi connectivity index (χ1v) is 4.78. The van der Waals surface area contributed by atoms with Crippen molar-refractivity contribution in [2.24, 2.45) is 0 Å². The van der Waals surface area contributed by atoms with E-state index in [-0.39, 0.29) is 5.82 Å². The highest BCUT2D eigenvalue weighted by molar-refractivity contribution is 5.64. The Morgan fingerprint density at radius 1 is 1.25 bits per heavy atom. The van der Waals surface area contributed by atoms with Crippen molar-refractivity contribution in [3.05, 3.63) is 36.1 Å². The molecule has 5 heteroatoms. The Morgan fingerprint density at radius 3 is 2.69 bits per heavy atom. The van der Waals surface area contributed by atoms with Crippen molar-refractivity contribution in [2.45, 2.75) is 0 Å². The molecule has 0 aliphatic carbocycles. The summed E-state index contributed by atoms with van der Waals surface area (Å²) in [6, 6.07) is 7.95. The summed E-state index contributed by atoms with van der Waals surface area (Å²) in [5, 5.41) is 2.77. The van der Waals surface area contributed by atoms with E-state index in [2.05, 4.69) is 15.3 Å². The van der Waals surface area contributed by atoms with Gasteiger partial charge in [-0.1, -0.05) is 12.1 Å². The number of aromatic nitrogens is 2. The maximum atomic E-state index is 13.5. The minimum atomic E-state index is -0.331. The van der Waals surface area contributed by atoms with Crippen LogP contribution in [0.15, 0.2) is 30.3 Å². The van der Waals surface area contributed by atoms with Gasteiger partial charge >= 0.3 is 0 Å². The number of anilines is 2. The zero-order valence-electron chi connectivity index (χ0n) is 8.74. The number of nitrogens with one attached hydrogen (secondary N) is 1. The zero-order chi connectivity index (χ0) is 11.5. The second kappa shape index (κ2) is 4.14. The van der Waals surface area contributed by atoms with E-state index in [9.17, 15) is 4.39 Å². The van der Waals surface area contributed by atoms with E-state index >= 15 is 0 Å². The van der Waals surface area contributed by atoms with Crippen LogP contribution in [0.4, 0.5) is 16.2 Å². The Kier molecular flexibility index (Phi) is 2.68. The van der Waals surface area contributed by atoms with Crippen molar-refractivity contribution >= 4 is 11.8 Å². The Balaban J connectivity index is 2.56. The van der Waals surface area contributed by atoms with Gasteiger partial charge < -0.3 is 11.1 Å². The van der Waals surface area contributed by atoms with Gasteiger partial charge in [0.1, 0.15) is 11.6 Å². The predicted molar refractivity (Wildman–Crippen MR) is 61.4 cm³/mol. The minimum Gasteiger partial charge on any atom is -0.384 e. The van der Waals surface area contributed by atoms with Crippen LogP contribution in [0.3, 0.4) is 0 Å². The van der Waals surface area contributed by atoms with Crippen LogP contribution in [-0.2, 0) is 0 Å². The first-order chi connectivity index (χ1) is 7.70. The molecule has 0 saturated carbocycles. The third-order valence-corrected chi connectivity index (χ3v) is 2.12. The summed E-state index contributed by atoms with van der Waals surface area (Å²) < 4.78 is 13.5. The molecule has 82 valence electrons. The molecule has 0 spiro atoms. The minimum absolute atomic E-state index is 0.303. The monoisotopic (exact) mass is 218 g/mol. The van der Waals surface area contributed by atoms with E-state index in [4.69, 9.17) is 5.73 Å². The lowest BCUT2D eigenvalue weighted by Gasteiger charge is -2.05. The van der Waals surface area contributed by atoms with Crippen molar-refractivity contribution in [2.75, 3.05) is 18.1 Å². The summed E-state index contributed by atoms with van der Waals surface area (Å²) in [4.78, 5) is 8.08. The number of rotatable bonds is 2. The van der Waals surface area contributed by atoms with Gasteiger partial charge in [-0.05, 0) is 12.1 Å². The van der Waals surface area contributed by atoms with Crippen molar-refractivity contribution in [3.63, 3.8) is 0 Å². The molecule has 3 N–H and O–H groups in total. The van der Waals surface area contributed by atoms with Crippen LogP contribution in [0.1, 0.15) is 0 Å². The third kappa shape index (κ3) is 1.93. The highest BCUT2D eigenvalue weighted by Crippen LogP contribution is 2.22. The molecule has 0 aliphatic rings. The highest BCUT2D eigenvalue weighted by atomic mass is 19.1. The highest BCUT2D eigenvalue weighted by Gasteiger charge is 2.08. The lowest BCUT2D eigenvalue weighted by molar-refractivity contribution is 0.630. The molecule has 0 fully saturated rings. The molecule has 0 bridgehead atoms. The van der Waals surface area contributed by atoms with Crippen LogP contribution >= 0.6 is 0 Å². The van der Waals surface area contributed by atoms with Gasteiger partial charge in [-0.25, -0.2) is 9.37 Å². The standard InChI is InChI=1S/C11H11FN4/c1-14-11-15-9(6-10(13)16-11)7-4-2-3-5-8(7)12/h2-6H,1H3,(H3,13,14,15,16). The fourth-order valence-corrected chi connectivity index (χ4v) is 1.38. The molecule has 16 heavy (non-hydrogen) atoms. The van der Waals surface area contributed by atoms with Crippen molar-refractivity contribution in [3.8, 4) is 11.3 Å². The Bertz CT molecular complexity index is 513. The summed E-state index contributed by atoms with van der Waals surface area (Å²) in [5.41, 5.74) is 6.49. The Hall–Kier alpha value is -2.17. The van der Waals surface area contributed by atoms with Crippen LogP contribution in [0.2, 0.25) is 0 Å². The van der Waals surface area contributed by atoms with Gasteiger partial charge in [0.15, 0.2) is 0 Å². The van der Waals surface area contributed by atoms with Gasteiger partial charge in [0.25, 0.3) is 0 Å². The predicted octanol–water partition coefficient (Wildman–Crippen LogP) is 1.91. The molecular weight excluding hydrogens is 207 g/mol. The van der Waals surface area contributed by atoms with Crippen LogP contribution in [-0.4, -0.2) is 17.0 Å². The van der Waals surface area contributed by atoms with Crippen LogP contribution < -0.4 is 11.1 Å². The van der Waals surface area contributed by atoms with Crippen LogP contribution in [0, 0.1) is 5.82 Å². The van der Waals surface area contributed by atoms with E-state index in [1.807, 2.05) is 0 Å². The molecule has 2 aromatic rings. The summed E-state index contributed by atoms with van der Waals surface area (Å²) in [7, 11) is 1.68. The topological polar surface area (TPSA) is 63.8 Å².